The Hall–Kier alpha value is -2.31. The van der Waals surface area contributed by atoms with Crippen LogP contribution < -0.4 is 5.32 Å². The summed E-state index contributed by atoms with van der Waals surface area (Å²) in [5, 5.41) is 6.48. The van der Waals surface area contributed by atoms with Crippen molar-refractivity contribution in [2.75, 3.05) is 5.32 Å². The maximum atomic E-state index is 12.6. The number of hydrogen-bond donors (Lipinski definition) is 1. The Morgan fingerprint density at radius 3 is 2.76 bits per heavy atom. The largest absolute Gasteiger partial charge is 0.416 e. The summed E-state index contributed by atoms with van der Waals surface area (Å²) in [6.45, 7) is 2.25. The molecule has 1 heterocycles. The maximum absolute atomic E-state index is 12.6. The highest BCUT2D eigenvalue weighted by atomic mass is 19.4. The molecule has 7 heteroatoms. The number of hydrogen-bond acceptors (Lipinski definition) is 2. The molecule has 112 valence electrons. The van der Waals surface area contributed by atoms with Gasteiger partial charge in [-0.3, -0.25) is 9.48 Å². The molecule has 0 saturated carbocycles. The van der Waals surface area contributed by atoms with Gasteiger partial charge < -0.3 is 5.32 Å². The van der Waals surface area contributed by atoms with Crippen LogP contribution in [0.15, 0.2) is 36.7 Å². The van der Waals surface area contributed by atoms with Crippen LogP contribution in [-0.4, -0.2) is 15.7 Å². The van der Waals surface area contributed by atoms with Crippen LogP contribution >= 0.6 is 0 Å². The number of rotatable bonds is 4. The number of alkyl halides is 3. The third-order valence-electron chi connectivity index (χ3n) is 2.80. The van der Waals surface area contributed by atoms with Crippen LogP contribution in [0.3, 0.4) is 0 Å². The van der Waals surface area contributed by atoms with E-state index >= 15 is 0 Å². The van der Waals surface area contributed by atoms with Crippen LogP contribution in [0.25, 0.3) is 0 Å². The fraction of sp³-hybridized carbons (Fsp3) is 0.286. The van der Waals surface area contributed by atoms with Crippen LogP contribution in [0, 0.1) is 6.92 Å². The number of halogens is 3. The summed E-state index contributed by atoms with van der Waals surface area (Å²) in [5.74, 6) is -0.359. The van der Waals surface area contributed by atoms with Crippen LogP contribution in [0.4, 0.5) is 18.9 Å². The molecule has 0 aliphatic rings. The van der Waals surface area contributed by atoms with Gasteiger partial charge in [0.2, 0.25) is 5.91 Å². The summed E-state index contributed by atoms with van der Waals surface area (Å²) in [6, 6.07) is 4.55. The van der Waals surface area contributed by atoms with Gasteiger partial charge >= 0.3 is 6.18 Å². The summed E-state index contributed by atoms with van der Waals surface area (Å²) in [7, 11) is 0. The molecule has 0 saturated heterocycles. The van der Waals surface area contributed by atoms with E-state index in [9.17, 15) is 18.0 Å². The smallest absolute Gasteiger partial charge is 0.326 e. The highest BCUT2D eigenvalue weighted by Gasteiger charge is 2.30. The van der Waals surface area contributed by atoms with Crippen molar-refractivity contribution >= 4 is 11.6 Å². The first-order valence-electron chi connectivity index (χ1n) is 6.31. The Morgan fingerprint density at radius 1 is 1.38 bits per heavy atom. The first kappa shape index (κ1) is 15.1. The van der Waals surface area contributed by atoms with Gasteiger partial charge in [0.05, 0.1) is 11.8 Å². The molecule has 0 aliphatic carbocycles. The van der Waals surface area contributed by atoms with Crippen molar-refractivity contribution in [1.82, 2.24) is 9.78 Å². The van der Waals surface area contributed by atoms with E-state index in [1.165, 1.54) is 12.1 Å². The van der Waals surface area contributed by atoms with Gasteiger partial charge in [0, 0.05) is 24.8 Å². The maximum Gasteiger partial charge on any atom is 0.416 e. The molecule has 1 aromatic heterocycles. The second kappa shape index (κ2) is 5.99. The predicted molar refractivity (Wildman–Crippen MR) is 71.7 cm³/mol. The molecule has 2 rings (SSSR count). The molecular weight excluding hydrogens is 283 g/mol. The monoisotopic (exact) mass is 297 g/mol. The molecule has 0 aliphatic heterocycles. The van der Waals surface area contributed by atoms with Crippen LogP contribution in [0.2, 0.25) is 0 Å². The lowest BCUT2D eigenvalue weighted by Crippen LogP contribution is -2.15. The highest BCUT2D eigenvalue weighted by molar-refractivity contribution is 5.90. The van der Waals surface area contributed by atoms with E-state index in [1.54, 1.807) is 17.1 Å². The topological polar surface area (TPSA) is 46.9 Å². The number of amides is 1. The lowest BCUT2D eigenvalue weighted by atomic mass is 10.2. The van der Waals surface area contributed by atoms with E-state index in [-0.39, 0.29) is 18.0 Å². The highest BCUT2D eigenvalue weighted by Crippen LogP contribution is 2.30. The molecule has 0 radical (unpaired) electrons. The second-order valence-corrected chi connectivity index (χ2v) is 4.66. The molecule has 0 atom stereocenters. The summed E-state index contributed by atoms with van der Waals surface area (Å²) in [4.78, 5) is 11.7. The molecule has 4 nitrogen and oxygen atoms in total. The Morgan fingerprint density at radius 2 is 2.14 bits per heavy atom. The zero-order valence-electron chi connectivity index (χ0n) is 11.3. The lowest BCUT2D eigenvalue weighted by molar-refractivity contribution is -0.137. The molecule has 1 amide bonds. The quantitative estimate of drug-likeness (QED) is 0.941. The van der Waals surface area contributed by atoms with E-state index in [0.717, 1.165) is 17.7 Å². The molecule has 1 N–H and O–H groups in total. The van der Waals surface area contributed by atoms with E-state index in [2.05, 4.69) is 10.4 Å². The normalized spacial score (nSPS) is 11.4. The number of nitrogens with zero attached hydrogens (tertiary/aromatic N) is 2. The summed E-state index contributed by atoms with van der Waals surface area (Å²) >= 11 is 0. The molecule has 21 heavy (non-hydrogen) atoms. The molecule has 0 spiro atoms. The van der Waals surface area contributed by atoms with Crippen molar-refractivity contribution in [1.29, 1.82) is 0 Å². The third kappa shape index (κ3) is 4.34. The van der Waals surface area contributed by atoms with Crippen molar-refractivity contribution in [3.63, 3.8) is 0 Å². The van der Waals surface area contributed by atoms with Crippen LogP contribution in [0.5, 0.6) is 0 Å². The number of anilines is 1. The minimum absolute atomic E-state index is 0.131. The van der Waals surface area contributed by atoms with Crippen molar-refractivity contribution in [3.8, 4) is 0 Å². The number of aryl methyl sites for hydroxylation is 2. The molecule has 1 aromatic carbocycles. The van der Waals surface area contributed by atoms with Gasteiger partial charge in [-0.2, -0.15) is 18.3 Å². The average molecular weight is 297 g/mol. The van der Waals surface area contributed by atoms with Gasteiger partial charge in [-0.05, 0) is 30.7 Å². The van der Waals surface area contributed by atoms with Crippen LogP contribution in [-0.2, 0) is 17.5 Å². The number of aromatic nitrogens is 2. The molecule has 2 aromatic rings. The van der Waals surface area contributed by atoms with Gasteiger partial charge in [0.15, 0.2) is 0 Å². The molecule has 0 bridgehead atoms. The van der Waals surface area contributed by atoms with Gasteiger partial charge in [-0.25, -0.2) is 0 Å². The number of carbonyl (C=O) groups excluding carboxylic acids is 1. The Kier molecular flexibility index (Phi) is 4.30. The number of benzene rings is 1. The fourth-order valence-electron chi connectivity index (χ4n) is 1.80. The Balaban J connectivity index is 1.93. The predicted octanol–water partition coefficient (Wildman–Crippen LogP) is 3.24. The molecular formula is C14H14F3N3O. The zero-order valence-corrected chi connectivity index (χ0v) is 11.3. The number of nitrogens with one attached hydrogen (secondary N) is 1. The van der Waals surface area contributed by atoms with Gasteiger partial charge in [0.1, 0.15) is 0 Å². The third-order valence-corrected chi connectivity index (χ3v) is 2.80. The van der Waals surface area contributed by atoms with Gasteiger partial charge in [0.25, 0.3) is 0 Å². The van der Waals surface area contributed by atoms with Gasteiger partial charge in [-0.1, -0.05) is 6.07 Å². The Bertz CT molecular complexity index is 634. The summed E-state index contributed by atoms with van der Waals surface area (Å²) in [6.07, 6.45) is -0.826. The van der Waals surface area contributed by atoms with Crippen molar-refractivity contribution in [2.24, 2.45) is 0 Å². The second-order valence-electron chi connectivity index (χ2n) is 4.66. The first-order valence-corrected chi connectivity index (χ1v) is 6.31. The summed E-state index contributed by atoms with van der Waals surface area (Å²) < 4.78 is 39.3. The minimum atomic E-state index is -4.42. The zero-order chi connectivity index (χ0) is 15.5. The minimum Gasteiger partial charge on any atom is -0.326 e. The van der Waals surface area contributed by atoms with E-state index < -0.39 is 11.7 Å². The van der Waals surface area contributed by atoms with E-state index in [0.29, 0.717) is 6.54 Å². The number of carbonyl (C=O) groups is 1. The van der Waals surface area contributed by atoms with Crippen LogP contribution in [0.1, 0.15) is 17.5 Å². The molecule has 0 fully saturated rings. The van der Waals surface area contributed by atoms with Crippen molar-refractivity contribution in [3.05, 3.63) is 47.8 Å². The summed E-state index contributed by atoms with van der Waals surface area (Å²) in [5.41, 5.74) is 0.322. The Labute approximate surface area is 119 Å². The van der Waals surface area contributed by atoms with Crippen molar-refractivity contribution < 1.29 is 18.0 Å². The van der Waals surface area contributed by atoms with E-state index in [1.807, 2.05) is 6.92 Å². The van der Waals surface area contributed by atoms with Gasteiger partial charge in [-0.15, -0.1) is 0 Å². The lowest BCUT2D eigenvalue weighted by Gasteiger charge is -2.10. The molecule has 0 unspecified atom stereocenters. The van der Waals surface area contributed by atoms with E-state index in [4.69, 9.17) is 0 Å². The van der Waals surface area contributed by atoms with Crippen molar-refractivity contribution in [2.45, 2.75) is 26.1 Å². The fourth-order valence-corrected chi connectivity index (χ4v) is 1.80. The SMILES string of the molecule is Cc1cnn(CCC(=O)Nc2cccc(C(F)(F)F)c2)c1. The standard InChI is InChI=1S/C14H14F3N3O/c1-10-8-18-20(9-10)6-5-13(21)19-12-4-2-3-11(7-12)14(15,16)17/h2-4,7-9H,5-6H2,1H3,(H,19,21). The average Bonchev–Trinajstić information content (AvgIpc) is 2.82. The first-order chi connectivity index (χ1) is 9.84.